The van der Waals surface area contributed by atoms with Gasteiger partial charge in [-0.15, -0.1) is 0 Å². The second kappa shape index (κ2) is 9.36. The molecule has 176 valence electrons. The molecule has 5 aromatic rings. The Morgan fingerprint density at radius 1 is 0.833 bits per heavy atom. The van der Waals surface area contributed by atoms with E-state index < -0.39 is 0 Å². The topological polar surface area (TPSA) is 80.9 Å². The highest BCUT2D eigenvalue weighted by molar-refractivity contribution is 5.99. The summed E-state index contributed by atoms with van der Waals surface area (Å²) in [7, 11) is 0. The zero-order valence-electron chi connectivity index (χ0n) is 19.8. The Bertz CT molecular complexity index is 1540. The Hall–Kier alpha value is -4.35. The van der Waals surface area contributed by atoms with Crippen LogP contribution in [0, 0.1) is 0 Å². The van der Waals surface area contributed by atoms with E-state index in [-0.39, 0.29) is 5.91 Å². The van der Waals surface area contributed by atoms with E-state index in [4.69, 9.17) is 15.7 Å². The summed E-state index contributed by atoms with van der Waals surface area (Å²) in [6.07, 6.45) is 3.93. The van der Waals surface area contributed by atoms with Crippen LogP contribution in [0.4, 0.5) is 0 Å². The van der Waals surface area contributed by atoms with E-state index in [1.807, 2.05) is 48.5 Å². The van der Waals surface area contributed by atoms with Crippen LogP contribution in [-0.4, -0.2) is 21.9 Å². The maximum absolute atomic E-state index is 12.4. The summed E-state index contributed by atoms with van der Waals surface area (Å²) in [6, 6.07) is 30.7. The quantitative estimate of drug-likeness (QED) is 0.320. The fourth-order valence-corrected chi connectivity index (χ4v) is 4.46. The van der Waals surface area contributed by atoms with Crippen LogP contribution in [0.2, 0.25) is 0 Å². The van der Waals surface area contributed by atoms with Gasteiger partial charge in [-0.05, 0) is 48.2 Å². The van der Waals surface area contributed by atoms with E-state index in [1.165, 1.54) is 0 Å². The number of nitrogens with zero attached hydrogens (tertiary/aromatic N) is 2. The van der Waals surface area contributed by atoms with Crippen molar-refractivity contribution in [1.29, 1.82) is 0 Å². The molecule has 0 radical (unpaired) electrons. The minimum Gasteiger partial charge on any atom is -0.349 e. The lowest BCUT2D eigenvalue weighted by atomic mass is 9.95. The molecule has 2 heterocycles. The van der Waals surface area contributed by atoms with E-state index in [9.17, 15) is 4.79 Å². The van der Waals surface area contributed by atoms with Crippen molar-refractivity contribution in [2.24, 2.45) is 5.73 Å². The molecule has 3 aromatic carbocycles. The van der Waals surface area contributed by atoms with Gasteiger partial charge in [0.2, 0.25) is 0 Å². The van der Waals surface area contributed by atoms with E-state index >= 15 is 0 Å². The third-order valence-electron chi connectivity index (χ3n) is 6.62. The summed E-state index contributed by atoms with van der Waals surface area (Å²) < 4.78 is 0. The van der Waals surface area contributed by atoms with Gasteiger partial charge in [0.1, 0.15) is 0 Å². The van der Waals surface area contributed by atoms with Crippen LogP contribution in [0.15, 0.2) is 97.2 Å². The standard InChI is InChI=1S/C31H26N4O/c32-19-20-6-8-23(9-7-20)30-26(21-4-2-1-3-5-21)18-27-28(35-30)16-17-33-29(27)22-10-12-24(13-11-22)31(36)34-25-14-15-25/h1-13,16-18,25H,14-15,19,32H2,(H,34,36). The molecule has 6 rings (SSSR count). The minimum atomic E-state index is -0.0201. The molecule has 1 amide bonds. The van der Waals surface area contributed by atoms with Gasteiger partial charge in [-0.25, -0.2) is 4.98 Å². The van der Waals surface area contributed by atoms with Gasteiger partial charge in [-0.2, -0.15) is 0 Å². The largest absolute Gasteiger partial charge is 0.349 e. The molecule has 3 N–H and O–H groups in total. The molecule has 36 heavy (non-hydrogen) atoms. The molecule has 0 spiro atoms. The lowest BCUT2D eigenvalue weighted by molar-refractivity contribution is 0.0951. The smallest absolute Gasteiger partial charge is 0.251 e. The Kier molecular flexibility index (Phi) is 5.76. The Labute approximate surface area is 210 Å². The van der Waals surface area contributed by atoms with Crippen molar-refractivity contribution in [1.82, 2.24) is 15.3 Å². The van der Waals surface area contributed by atoms with Crippen molar-refractivity contribution < 1.29 is 4.79 Å². The first-order valence-corrected chi connectivity index (χ1v) is 12.3. The number of hydrogen-bond acceptors (Lipinski definition) is 4. The van der Waals surface area contributed by atoms with Crippen LogP contribution in [0.25, 0.3) is 44.5 Å². The number of benzene rings is 3. The summed E-state index contributed by atoms with van der Waals surface area (Å²) in [4.78, 5) is 22.3. The lowest BCUT2D eigenvalue weighted by Gasteiger charge is -2.14. The van der Waals surface area contributed by atoms with Crippen LogP contribution >= 0.6 is 0 Å². The van der Waals surface area contributed by atoms with Gasteiger partial charge in [-0.1, -0.05) is 66.7 Å². The molecule has 0 saturated heterocycles. The van der Waals surface area contributed by atoms with Gasteiger partial charge in [0, 0.05) is 46.4 Å². The molecule has 0 unspecified atom stereocenters. The number of carbonyl (C=O) groups is 1. The summed E-state index contributed by atoms with van der Waals surface area (Å²) in [5.74, 6) is -0.0201. The van der Waals surface area contributed by atoms with Crippen LogP contribution < -0.4 is 11.1 Å². The average Bonchev–Trinajstić information content (AvgIpc) is 3.76. The number of nitrogens with two attached hydrogens (primary N) is 1. The monoisotopic (exact) mass is 470 g/mol. The molecule has 0 atom stereocenters. The molecular formula is C31H26N4O. The van der Waals surface area contributed by atoms with Crippen LogP contribution in [0.5, 0.6) is 0 Å². The maximum Gasteiger partial charge on any atom is 0.251 e. The van der Waals surface area contributed by atoms with Gasteiger partial charge in [-0.3, -0.25) is 9.78 Å². The number of nitrogens with one attached hydrogen (secondary N) is 1. The molecule has 1 fully saturated rings. The van der Waals surface area contributed by atoms with Crippen molar-refractivity contribution in [3.63, 3.8) is 0 Å². The van der Waals surface area contributed by atoms with Crippen molar-refractivity contribution in [2.75, 3.05) is 0 Å². The van der Waals surface area contributed by atoms with Gasteiger partial charge >= 0.3 is 0 Å². The molecule has 1 saturated carbocycles. The zero-order valence-corrected chi connectivity index (χ0v) is 19.8. The van der Waals surface area contributed by atoms with Crippen molar-refractivity contribution in [3.8, 4) is 33.6 Å². The summed E-state index contributed by atoms with van der Waals surface area (Å²) in [6.45, 7) is 0.507. The predicted octanol–water partition coefficient (Wildman–Crippen LogP) is 5.98. The summed E-state index contributed by atoms with van der Waals surface area (Å²) >= 11 is 0. The third kappa shape index (κ3) is 4.37. The number of hydrogen-bond donors (Lipinski definition) is 2. The SMILES string of the molecule is NCc1ccc(-c2nc3ccnc(-c4ccc(C(=O)NC5CC5)cc4)c3cc2-c2ccccc2)cc1. The predicted molar refractivity (Wildman–Crippen MR) is 144 cm³/mol. The minimum absolute atomic E-state index is 0.0201. The van der Waals surface area contributed by atoms with Gasteiger partial charge in [0.25, 0.3) is 5.91 Å². The molecular weight excluding hydrogens is 444 g/mol. The molecule has 2 aromatic heterocycles. The number of carbonyl (C=O) groups excluding carboxylic acids is 1. The van der Waals surface area contributed by atoms with Gasteiger partial charge in [0.15, 0.2) is 0 Å². The van der Waals surface area contributed by atoms with Crippen LogP contribution in [-0.2, 0) is 6.54 Å². The molecule has 0 aliphatic heterocycles. The first kappa shape index (κ1) is 22.1. The zero-order chi connectivity index (χ0) is 24.5. The maximum atomic E-state index is 12.4. The first-order valence-electron chi connectivity index (χ1n) is 12.3. The van der Waals surface area contributed by atoms with Gasteiger partial charge < -0.3 is 11.1 Å². The molecule has 0 bridgehead atoms. The van der Waals surface area contributed by atoms with E-state index in [0.717, 1.165) is 62.9 Å². The van der Waals surface area contributed by atoms with E-state index in [1.54, 1.807) is 6.20 Å². The molecule has 1 aliphatic carbocycles. The Morgan fingerprint density at radius 2 is 1.53 bits per heavy atom. The number of aromatic nitrogens is 2. The molecule has 1 aliphatic rings. The fraction of sp³-hybridized carbons (Fsp3) is 0.129. The number of pyridine rings is 2. The summed E-state index contributed by atoms with van der Waals surface area (Å²) in [5.41, 5.74) is 14.3. The molecule has 5 nitrogen and oxygen atoms in total. The fourth-order valence-electron chi connectivity index (χ4n) is 4.46. The van der Waals surface area contributed by atoms with Crippen molar-refractivity contribution >= 4 is 16.8 Å². The van der Waals surface area contributed by atoms with Crippen molar-refractivity contribution in [3.05, 3.63) is 108 Å². The Morgan fingerprint density at radius 3 is 2.22 bits per heavy atom. The van der Waals surface area contributed by atoms with E-state index in [2.05, 4.69) is 47.8 Å². The van der Waals surface area contributed by atoms with Crippen LogP contribution in [0.3, 0.4) is 0 Å². The van der Waals surface area contributed by atoms with Crippen LogP contribution in [0.1, 0.15) is 28.8 Å². The Balaban J connectivity index is 1.47. The summed E-state index contributed by atoms with van der Waals surface area (Å²) in [5, 5.41) is 4.01. The average molecular weight is 471 g/mol. The highest BCUT2D eigenvalue weighted by atomic mass is 16.1. The second-order valence-corrected chi connectivity index (χ2v) is 9.20. The van der Waals surface area contributed by atoms with Crippen molar-refractivity contribution in [2.45, 2.75) is 25.4 Å². The second-order valence-electron chi connectivity index (χ2n) is 9.20. The molecule has 5 heteroatoms. The first-order chi connectivity index (χ1) is 17.7. The third-order valence-corrected chi connectivity index (χ3v) is 6.62. The normalized spacial score (nSPS) is 13.0. The number of fused-ring (bicyclic) bond motifs is 1. The lowest BCUT2D eigenvalue weighted by Crippen LogP contribution is -2.25. The van der Waals surface area contributed by atoms with E-state index in [0.29, 0.717) is 18.2 Å². The highest BCUT2D eigenvalue weighted by Crippen LogP contribution is 2.36. The number of amides is 1. The highest BCUT2D eigenvalue weighted by Gasteiger charge is 2.23. The van der Waals surface area contributed by atoms with Gasteiger partial charge in [0.05, 0.1) is 16.9 Å². The number of rotatable bonds is 6.